The Bertz CT molecular complexity index is 1580. The van der Waals surface area contributed by atoms with Crippen molar-refractivity contribution in [1.29, 1.82) is 0 Å². The zero-order valence-electron chi connectivity index (χ0n) is 36.7. The molecule has 0 fully saturated rings. The van der Waals surface area contributed by atoms with Crippen LogP contribution in [0.3, 0.4) is 0 Å². The van der Waals surface area contributed by atoms with Crippen LogP contribution in [0.15, 0.2) is 90.1 Å². The number of rotatable bonds is 4. The van der Waals surface area contributed by atoms with E-state index in [-0.39, 0.29) is 22.6 Å². The molecule has 2 amide bonds. The number of carbonyl (C=O) groups excluding carboxylic acids is 3. The third-order valence-corrected chi connectivity index (χ3v) is 6.05. The molecule has 0 saturated heterocycles. The molecule has 0 saturated carbocycles. The zero-order chi connectivity index (χ0) is 42.7. The summed E-state index contributed by atoms with van der Waals surface area (Å²) in [6.45, 7) is 40.9. The van der Waals surface area contributed by atoms with E-state index >= 15 is 0 Å². The summed E-state index contributed by atoms with van der Waals surface area (Å²) in [6.07, 6.45) is 4.69. The smallest absolute Gasteiger partial charge is 0.256 e. The number of allylic oxidation sites excluding steroid dienone is 1. The van der Waals surface area contributed by atoms with Gasteiger partial charge in [-0.2, -0.15) is 0 Å². The molecule has 300 valence electrons. The van der Waals surface area contributed by atoms with Gasteiger partial charge < -0.3 is 20.0 Å². The van der Waals surface area contributed by atoms with Crippen LogP contribution in [0.1, 0.15) is 153 Å². The van der Waals surface area contributed by atoms with E-state index in [1.54, 1.807) is 25.3 Å². The highest BCUT2D eigenvalue weighted by Crippen LogP contribution is 2.23. The minimum absolute atomic E-state index is 0.0816. The lowest BCUT2D eigenvalue weighted by Gasteiger charge is -2.19. The van der Waals surface area contributed by atoms with Gasteiger partial charge in [-0.05, 0) is 90.1 Å². The van der Waals surface area contributed by atoms with Crippen LogP contribution in [-0.4, -0.2) is 28.7 Å². The second kappa shape index (κ2) is 27.7. The van der Waals surface area contributed by atoms with E-state index in [9.17, 15) is 9.59 Å². The maximum absolute atomic E-state index is 12.1. The SMILES string of the molecule is C=CC.C=O.CC.CC(C)(C)C.CCC.Cc1cc(NC(=O)c2ccc(C(C)(C)C)cc2)no1.Cc1ccnc(NC(=O)c2ccc(C(C)(C)C)cc2)c1. The van der Waals surface area contributed by atoms with E-state index in [1.807, 2.05) is 95.1 Å². The average Bonchev–Trinajstić information content (AvgIpc) is 3.50. The number of hydrogen-bond acceptors (Lipinski definition) is 6. The second-order valence-electron chi connectivity index (χ2n) is 15.7. The van der Waals surface area contributed by atoms with Gasteiger partial charge in [0, 0.05) is 23.4 Å². The van der Waals surface area contributed by atoms with E-state index in [4.69, 9.17) is 9.32 Å². The van der Waals surface area contributed by atoms with Crippen molar-refractivity contribution in [2.75, 3.05) is 10.6 Å². The number of aryl methyl sites for hydroxylation is 2. The highest BCUT2D eigenvalue weighted by molar-refractivity contribution is 6.04. The summed E-state index contributed by atoms with van der Waals surface area (Å²) in [5.74, 6) is 1.35. The van der Waals surface area contributed by atoms with E-state index in [0.29, 0.717) is 33.9 Å². The van der Waals surface area contributed by atoms with Gasteiger partial charge in [0.1, 0.15) is 18.4 Å². The number of benzene rings is 2. The third kappa shape index (κ3) is 26.0. The molecule has 8 heteroatoms. The summed E-state index contributed by atoms with van der Waals surface area (Å²) in [7, 11) is 0. The summed E-state index contributed by atoms with van der Waals surface area (Å²) in [5, 5.41) is 9.23. The lowest BCUT2D eigenvalue weighted by atomic mass is 9.86. The first-order valence-corrected chi connectivity index (χ1v) is 18.6. The van der Waals surface area contributed by atoms with Crippen LogP contribution >= 0.6 is 0 Å². The monoisotopic (exact) mass is 745 g/mol. The molecule has 0 spiro atoms. The van der Waals surface area contributed by atoms with Gasteiger partial charge in [0.25, 0.3) is 11.8 Å². The maximum atomic E-state index is 12.1. The van der Waals surface area contributed by atoms with Gasteiger partial charge in [-0.25, -0.2) is 4.98 Å². The number of nitrogens with zero attached hydrogens (tertiary/aromatic N) is 2. The second-order valence-corrected chi connectivity index (χ2v) is 15.7. The Hall–Kier alpha value is -4.85. The highest BCUT2D eigenvalue weighted by Gasteiger charge is 2.16. The summed E-state index contributed by atoms with van der Waals surface area (Å²) >= 11 is 0. The van der Waals surface area contributed by atoms with Crippen molar-refractivity contribution >= 4 is 30.2 Å². The Morgan fingerprint density at radius 3 is 1.30 bits per heavy atom. The number of aromatic nitrogens is 2. The molecule has 54 heavy (non-hydrogen) atoms. The molecule has 2 aromatic heterocycles. The lowest BCUT2D eigenvalue weighted by molar-refractivity contribution is -0.0980. The van der Waals surface area contributed by atoms with E-state index in [2.05, 4.69) is 110 Å². The van der Waals surface area contributed by atoms with Gasteiger partial charge in [-0.1, -0.05) is 139 Å². The lowest BCUT2D eigenvalue weighted by Crippen LogP contribution is -2.15. The normalized spacial score (nSPS) is 10.0. The van der Waals surface area contributed by atoms with Crippen molar-refractivity contribution in [1.82, 2.24) is 10.1 Å². The number of hydrogen-bond donors (Lipinski definition) is 2. The first kappa shape index (κ1) is 53.5. The van der Waals surface area contributed by atoms with Gasteiger partial charge >= 0.3 is 0 Å². The van der Waals surface area contributed by atoms with Crippen LogP contribution in [0.2, 0.25) is 0 Å². The Morgan fingerprint density at radius 2 is 1.02 bits per heavy atom. The Morgan fingerprint density at radius 1 is 0.685 bits per heavy atom. The highest BCUT2D eigenvalue weighted by atomic mass is 16.5. The molecular formula is C46H72N4O4. The van der Waals surface area contributed by atoms with Gasteiger partial charge in [-0.3, -0.25) is 9.59 Å². The van der Waals surface area contributed by atoms with Gasteiger partial charge in [0.2, 0.25) is 0 Å². The number of pyridine rings is 1. The predicted molar refractivity (Wildman–Crippen MR) is 232 cm³/mol. The van der Waals surface area contributed by atoms with Crippen molar-refractivity contribution < 1.29 is 18.9 Å². The Labute approximate surface area is 328 Å². The third-order valence-electron chi connectivity index (χ3n) is 6.05. The van der Waals surface area contributed by atoms with Crippen LogP contribution in [0.25, 0.3) is 0 Å². The molecule has 0 radical (unpaired) electrons. The predicted octanol–water partition coefficient (Wildman–Crippen LogP) is 13.0. The fraction of sp³-hybridized carbons (Fsp3) is 0.457. The average molecular weight is 745 g/mol. The first-order valence-electron chi connectivity index (χ1n) is 18.6. The fourth-order valence-corrected chi connectivity index (χ4v) is 3.65. The topological polar surface area (TPSA) is 114 Å². The van der Waals surface area contributed by atoms with E-state index < -0.39 is 0 Å². The van der Waals surface area contributed by atoms with E-state index in [0.717, 1.165) is 5.56 Å². The molecule has 8 nitrogen and oxygen atoms in total. The van der Waals surface area contributed by atoms with Crippen molar-refractivity contribution in [3.63, 3.8) is 0 Å². The van der Waals surface area contributed by atoms with Gasteiger partial charge in [0.05, 0.1) is 0 Å². The molecule has 2 aromatic carbocycles. The molecule has 0 aliphatic rings. The number of amides is 2. The number of anilines is 2. The zero-order valence-corrected chi connectivity index (χ0v) is 36.7. The molecule has 0 bridgehead atoms. The minimum Gasteiger partial charge on any atom is -0.360 e. The van der Waals surface area contributed by atoms with Crippen LogP contribution in [0.5, 0.6) is 0 Å². The van der Waals surface area contributed by atoms with Crippen molar-refractivity contribution in [3.05, 3.63) is 119 Å². The molecule has 0 atom stereocenters. The standard InChI is InChI=1S/C17H20N2O.C15H18N2O2.C5H12.C3H8.C3H6.C2H6.CH2O/c1-12-9-10-18-15(11-12)19-16(20)13-5-7-14(8-6-13)17(2,3)4;1-10-9-13(17-19-10)16-14(18)11-5-7-12(8-6-11)15(2,3)4;1-5(2,3)4;2*1-3-2;2*1-2/h5-11H,1-4H3,(H,18,19,20);5-9H,1-4H3,(H,16,17,18);1-4H3;3H2,1-2H3;3H,1H2,2H3;1-2H3;1H2. The molecule has 4 aromatic rings. The van der Waals surface area contributed by atoms with Gasteiger partial charge in [-0.15, -0.1) is 6.58 Å². The molecule has 2 heterocycles. The summed E-state index contributed by atoms with van der Waals surface area (Å²) in [4.78, 5) is 36.3. The molecule has 0 unspecified atom stereocenters. The van der Waals surface area contributed by atoms with Crippen LogP contribution in [0, 0.1) is 19.3 Å². The Kier molecular flexibility index (Phi) is 27.5. The summed E-state index contributed by atoms with van der Waals surface area (Å²) < 4.78 is 4.90. The maximum Gasteiger partial charge on any atom is 0.256 e. The van der Waals surface area contributed by atoms with Crippen molar-refractivity contribution in [2.45, 2.75) is 135 Å². The van der Waals surface area contributed by atoms with Gasteiger partial charge in [0.15, 0.2) is 5.82 Å². The first-order chi connectivity index (χ1) is 25.0. The van der Waals surface area contributed by atoms with Crippen LogP contribution < -0.4 is 10.6 Å². The number of nitrogens with one attached hydrogen (secondary N) is 2. The quantitative estimate of drug-likeness (QED) is 0.201. The van der Waals surface area contributed by atoms with Crippen LogP contribution in [0.4, 0.5) is 11.6 Å². The molecule has 2 N–H and O–H groups in total. The molecule has 0 aliphatic carbocycles. The Balaban J connectivity index is -0.000000708. The molecular weight excluding hydrogens is 673 g/mol. The number of carbonyl (C=O) groups is 3. The van der Waals surface area contributed by atoms with Crippen molar-refractivity contribution in [2.24, 2.45) is 5.41 Å². The fourth-order valence-electron chi connectivity index (χ4n) is 3.65. The van der Waals surface area contributed by atoms with Crippen molar-refractivity contribution in [3.8, 4) is 0 Å². The molecule has 4 rings (SSSR count). The summed E-state index contributed by atoms with van der Waals surface area (Å²) in [5.41, 5.74) is 5.39. The largest absolute Gasteiger partial charge is 0.360 e. The van der Waals surface area contributed by atoms with E-state index in [1.165, 1.54) is 17.5 Å². The van der Waals surface area contributed by atoms with Crippen LogP contribution in [-0.2, 0) is 15.6 Å². The summed E-state index contributed by atoms with van der Waals surface area (Å²) in [6, 6.07) is 20.7. The molecule has 0 aliphatic heterocycles. The minimum atomic E-state index is -0.186.